The third kappa shape index (κ3) is 1.42. The second-order valence-corrected chi connectivity index (χ2v) is 3.29. The van der Waals surface area contributed by atoms with E-state index < -0.39 is 0 Å². The molecule has 74 valence electrons. The van der Waals surface area contributed by atoms with Crippen molar-refractivity contribution in [1.29, 1.82) is 0 Å². The first-order chi connectivity index (χ1) is 7.43. The molecule has 0 aliphatic carbocycles. The van der Waals surface area contributed by atoms with Crippen molar-refractivity contribution in [1.82, 2.24) is 4.98 Å². The lowest BCUT2D eigenvalue weighted by Crippen LogP contribution is -1.99. The van der Waals surface area contributed by atoms with E-state index >= 15 is 0 Å². The number of allylic oxidation sites excluding steroid dienone is 2. The smallest absolute Gasteiger partial charge is 0.240 e. The molecule has 1 aromatic carbocycles. The Morgan fingerprint density at radius 2 is 2.07 bits per heavy atom. The summed E-state index contributed by atoms with van der Waals surface area (Å²) >= 11 is 0. The van der Waals surface area contributed by atoms with Crippen LogP contribution < -0.4 is 0 Å². The van der Waals surface area contributed by atoms with Gasteiger partial charge in [0.2, 0.25) is 5.89 Å². The largest absolute Gasteiger partial charge is 0.484 e. The van der Waals surface area contributed by atoms with Gasteiger partial charge in [0.25, 0.3) is 0 Å². The lowest BCUT2D eigenvalue weighted by molar-refractivity contribution is 0.158. The lowest BCUT2D eigenvalue weighted by atomic mass is 10.3. The van der Waals surface area contributed by atoms with Crippen molar-refractivity contribution < 1.29 is 9.15 Å². The van der Waals surface area contributed by atoms with Crippen molar-refractivity contribution in [2.75, 3.05) is 0 Å². The van der Waals surface area contributed by atoms with Crippen LogP contribution in [-0.4, -0.2) is 4.98 Å². The summed E-state index contributed by atoms with van der Waals surface area (Å²) in [6.07, 6.45) is 7.09. The molecule has 0 saturated heterocycles. The molecular weight excluding hydrogens is 190 g/mol. The normalized spacial score (nSPS) is 19.3. The van der Waals surface area contributed by atoms with E-state index in [2.05, 4.69) is 4.98 Å². The number of para-hydroxylation sites is 2. The molecule has 3 heteroatoms. The summed E-state index contributed by atoms with van der Waals surface area (Å²) in [6.45, 7) is 0. The van der Waals surface area contributed by atoms with E-state index in [9.17, 15) is 0 Å². The van der Waals surface area contributed by atoms with Gasteiger partial charge in [-0.25, -0.2) is 4.98 Å². The Balaban J connectivity index is 2.04. The highest BCUT2D eigenvalue weighted by atomic mass is 16.5. The minimum absolute atomic E-state index is 0.206. The van der Waals surface area contributed by atoms with Gasteiger partial charge in [0, 0.05) is 0 Å². The number of ether oxygens (including phenoxy) is 1. The molecule has 15 heavy (non-hydrogen) atoms. The fourth-order valence-corrected chi connectivity index (χ4v) is 1.54. The summed E-state index contributed by atoms with van der Waals surface area (Å²) in [6, 6.07) is 7.68. The highest BCUT2D eigenvalue weighted by molar-refractivity contribution is 5.72. The van der Waals surface area contributed by atoms with Crippen LogP contribution in [0.15, 0.2) is 53.2 Å². The zero-order chi connectivity index (χ0) is 10.1. The molecule has 1 unspecified atom stereocenters. The molecule has 0 saturated carbocycles. The average Bonchev–Trinajstić information content (AvgIpc) is 2.74. The van der Waals surface area contributed by atoms with Gasteiger partial charge in [0.15, 0.2) is 11.7 Å². The van der Waals surface area contributed by atoms with Crippen LogP contribution in [0.3, 0.4) is 0 Å². The second-order valence-electron chi connectivity index (χ2n) is 3.29. The van der Waals surface area contributed by atoms with Crippen LogP contribution in [-0.2, 0) is 4.74 Å². The molecule has 1 aliphatic rings. The highest BCUT2D eigenvalue weighted by Crippen LogP contribution is 2.24. The number of hydrogen-bond donors (Lipinski definition) is 0. The molecule has 0 radical (unpaired) electrons. The Morgan fingerprint density at radius 1 is 1.13 bits per heavy atom. The van der Waals surface area contributed by atoms with E-state index in [0.29, 0.717) is 5.89 Å². The minimum atomic E-state index is -0.206. The van der Waals surface area contributed by atoms with Crippen molar-refractivity contribution >= 4 is 11.1 Å². The molecule has 0 N–H and O–H groups in total. The van der Waals surface area contributed by atoms with Gasteiger partial charge in [0.05, 0.1) is 6.26 Å². The fraction of sp³-hybridized carbons (Fsp3) is 0.0833. The molecule has 1 atom stereocenters. The van der Waals surface area contributed by atoms with Crippen LogP contribution in [0.4, 0.5) is 0 Å². The van der Waals surface area contributed by atoms with Crippen LogP contribution in [0.2, 0.25) is 0 Å². The number of aromatic nitrogens is 1. The standard InChI is InChI=1S/C12H9NO2/c1-2-6-10-9(5-1)13-12(15-10)11-7-3-4-8-14-11/h1-8,11H. The Kier molecular flexibility index (Phi) is 1.81. The molecule has 2 aromatic rings. The van der Waals surface area contributed by atoms with Crippen molar-refractivity contribution in [3.05, 3.63) is 54.6 Å². The zero-order valence-electron chi connectivity index (χ0n) is 7.96. The molecule has 0 fully saturated rings. The summed E-state index contributed by atoms with van der Waals surface area (Å²) in [4.78, 5) is 4.36. The molecule has 0 amide bonds. The van der Waals surface area contributed by atoms with Gasteiger partial charge in [-0.3, -0.25) is 0 Å². The van der Waals surface area contributed by atoms with E-state index in [1.807, 2.05) is 42.5 Å². The SMILES string of the molecule is C1=COC(c2nc3ccccc3o2)C=C1. The van der Waals surface area contributed by atoms with Crippen molar-refractivity contribution in [3.8, 4) is 0 Å². The summed E-state index contributed by atoms with van der Waals surface area (Å²) in [5.74, 6) is 0.594. The summed E-state index contributed by atoms with van der Waals surface area (Å²) in [5.41, 5.74) is 1.65. The predicted molar refractivity (Wildman–Crippen MR) is 56.1 cm³/mol. The number of hydrogen-bond acceptors (Lipinski definition) is 3. The zero-order valence-corrected chi connectivity index (χ0v) is 7.96. The van der Waals surface area contributed by atoms with E-state index in [0.717, 1.165) is 11.1 Å². The summed E-state index contributed by atoms with van der Waals surface area (Å²) < 4.78 is 11.0. The molecular formula is C12H9NO2. The average molecular weight is 199 g/mol. The van der Waals surface area contributed by atoms with Gasteiger partial charge in [-0.2, -0.15) is 0 Å². The van der Waals surface area contributed by atoms with E-state index in [1.54, 1.807) is 6.26 Å². The van der Waals surface area contributed by atoms with Gasteiger partial charge < -0.3 is 9.15 Å². The molecule has 3 nitrogen and oxygen atoms in total. The van der Waals surface area contributed by atoms with Gasteiger partial charge in [-0.15, -0.1) is 0 Å². The third-order valence-electron chi connectivity index (χ3n) is 2.25. The maximum Gasteiger partial charge on any atom is 0.240 e. The molecule has 0 bridgehead atoms. The quantitative estimate of drug-likeness (QED) is 0.708. The number of benzene rings is 1. The number of nitrogens with zero attached hydrogens (tertiary/aromatic N) is 1. The van der Waals surface area contributed by atoms with Crippen molar-refractivity contribution in [2.45, 2.75) is 6.10 Å². The Bertz CT molecular complexity index is 506. The topological polar surface area (TPSA) is 35.3 Å². The van der Waals surface area contributed by atoms with Crippen LogP contribution in [0.1, 0.15) is 12.0 Å². The maximum atomic E-state index is 5.59. The number of oxazole rings is 1. The summed E-state index contributed by atoms with van der Waals surface area (Å²) in [5, 5.41) is 0. The van der Waals surface area contributed by atoms with Gasteiger partial charge >= 0.3 is 0 Å². The molecule has 3 rings (SSSR count). The van der Waals surface area contributed by atoms with Gasteiger partial charge in [0.1, 0.15) is 5.52 Å². The Labute approximate surface area is 86.7 Å². The first-order valence-corrected chi connectivity index (χ1v) is 4.78. The van der Waals surface area contributed by atoms with E-state index in [4.69, 9.17) is 9.15 Å². The number of rotatable bonds is 1. The number of fused-ring (bicyclic) bond motifs is 1. The fourth-order valence-electron chi connectivity index (χ4n) is 1.54. The monoisotopic (exact) mass is 199 g/mol. The molecule has 0 spiro atoms. The van der Waals surface area contributed by atoms with Crippen molar-refractivity contribution in [3.63, 3.8) is 0 Å². The predicted octanol–water partition coefficient (Wildman–Crippen LogP) is 2.97. The Hall–Kier alpha value is -2.03. The van der Waals surface area contributed by atoms with Gasteiger partial charge in [-0.1, -0.05) is 18.2 Å². The molecule has 2 heterocycles. The lowest BCUT2D eigenvalue weighted by Gasteiger charge is -2.10. The first-order valence-electron chi connectivity index (χ1n) is 4.78. The van der Waals surface area contributed by atoms with E-state index in [-0.39, 0.29) is 6.10 Å². The Morgan fingerprint density at radius 3 is 2.87 bits per heavy atom. The van der Waals surface area contributed by atoms with Crippen LogP contribution >= 0.6 is 0 Å². The first kappa shape index (κ1) is 8.29. The minimum Gasteiger partial charge on any atom is -0.484 e. The van der Waals surface area contributed by atoms with E-state index in [1.165, 1.54) is 0 Å². The van der Waals surface area contributed by atoms with Crippen molar-refractivity contribution in [2.24, 2.45) is 0 Å². The van der Waals surface area contributed by atoms with Crippen LogP contribution in [0.5, 0.6) is 0 Å². The third-order valence-corrected chi connectivity index (χ3v) is 2.25. The van der Waals surface area contributed by atoms with Crippen LogP contribution in [0.25, 0.3) is 11.1 Å². The maximum absolute atomic E-state index is 5.59. The second kappa shape index (κ2) is 3.28. The van der Waals surface area contributed by atoms with Crippen LogP contribution in [0, 0.1) is 0 Å². The molecule has 1 aliphatic heterocycles. The highest BCUT2D eigenvalue weighted by Gasteiger charge is 2.16. The van der Waals surface area contributed by atoms with Gasteiger partial charge in [-0.05, 0) is 24.3 Å². The molecule has 1 aromatic heterocycles. The summed E-state index contributed by atoms with van der Waals surface area (Å²) in [7, 11) is 0.